The third-order valence-corrected chi connectivity index (χ3v) is 13.3. The van der Waals surface area contributed by atoms with Crippen molar-refractivity contribution in [3.63, 3.8) is 0 Å². The van der Waals surface area contributed by atoms with E-state index in [1.165, 1.54) is 11.1 Å². The van der Waals surface area contributed by atoms with Crippen molar-refractivity contribution < 1.29 is 28.8 Å². The zero-order chi connectivity index (χ0) is 32.5. The Balaban J connectivity index is 1.63. The molecule has 7 atom stereocenters. The van der Waals surface area contributed by atoms with Gasteiger partial charge in [-0.05, 0) is 54.5 Å². The highest BCUT2D eigenvalue weighted by Gasteiger charge is 2.72. The molecule has 0 amide bonds. The van der Waals surface area contributed by atoms with Crippen LogP contribution in [0.25, 0.3) is 0 Å². The Kier molecular flexibility index (Phi) is 13.4. The van der Waals surface area contributed by atoms with Crippen molar-refractivity contribution >= 4 is 23.5 Å². The van der Waals surface area contributed by atoms with Crippen LogP contribution < -0.4 is 0 Å². The van der Waals surface area contributed by atoms with Gasteiger partial charge in [0.25, 0.3) is 0 Å². The van der Waals surface area contributed by atoms with Gasteiger partial charge in [0.05, 0.1) is 11.4 Å². The fourth-order valence-corrected chi connectivity index (χ4v) is 11.3. The lowest BCUT2D eigenvalue weighted by Gasteiger charge is -2.57. The first kappa shape index (κ1) is 36.2. The number of rotatable bonds is 19. The van der Waals surface area contributed by atoms with E-state index in [4.69, 9.17) is 23.7 Å². The zero-order valence-corrected chi connectivity index (χ0v) is 30.1. The summed E-state index contributed by atoms with van der Waals surface area (Å²) in [5.41, 5.74) is 3.62. The molecule has 0 aromatic heterocycles. The van der Waals surface area contributed by atoms with Gasteiger partial charge < -0.3 is 28.8 Å². The first-order chi connectivity index (χ1) is 22.5. The molecule has 0 spiro atoms. The number of ether oxygens (including phenoxy) is 5. The molecule has 0 saturated carbocycles. The van der Waals surface area contributed by atoms with Crippen LogP contribution in [0.5, 0.6) is 0 Å². The summed E-state index contributed by atoms with van der Waals surface area (Å²) < 4.78 is 32.5. The lowest BCUT2D eigenvalue weighted by Crippen LogP contribution is -2.72. The lowest BCUT2D eigenvalue weighted by molar-refractivity contribution is -0.370. The van der Waals surface area contributed by atoms with E-state index in [9.17, 15) is 5.11 Å². The molecule has 2 fully saturated rings. The smallest absolute Gasteiger partial charge is 0.224 e. The van der Waals surface area contributed by atoms with Gasteiger partial charge in [0.15, 0.2) is 0 Å². The minimum atomic E-state index is -1.72. The fourth-order valence-electron chi connectivity index (χ4n) is 7.03. The second-order valence-corrected chi connectivity index (χ2v) is 15.9. The second-order valence-electron chi connectivity index (χ2n) is 12.9. The summed E-state index contributed by atoms with van der Waals surface area (Å²) >= 11 is 3.63. The van der Waals surface area contributed by atoms with Gasteiger partial charge in [-0.3, -0.25) is 0 Å². The molecule has 46 heavy (non-hydrogen) atoms. The quantitative estimate of drug-likeness (QED) is 0.149. The van der Waals surface area contributed by atoms with Crippen molar-refractivity contribution in [1.82, 2.24) is 0 Å². The maximum absolute atomic E-state index is 13.5. The Hall–Kier alpha value is -1.10. The van der Waals surface area contributed by atoms with Gasteiger partial charge in [-0.1, -0.05) is 108 Å². The minimum Gasteiger partial charge on any atom is -0.379 e. The van der Waals surface area contributed by atoms with E-state index in [-0.39, 0.29) is 4.75 Å². The van der Waals surface area contributed by atoms with Crippen LogP contribution in [0.2, 0.25) is 0 Å². The zero-order valence-electron chi connectivity index (χ0n) is 28.4. The number of unbranched alkanes of at least 4 members (excludes halogenated alkanes) is 4. The van der Waals surface area contributed by atoms with Crippen LogP contribution in [0, 0.1) is 0 Å². The molecule has 6 nitrogen and oxygen atoms in total. The van der Waals surface area contributed by atoms with E-state index in [1.54, 1.807) is 11.8 Å². The maximum Gasteiger partial charge on any atom is 0.224 e. The SMILES string of the molecule is CCCCOC[C@H]1O[C@@](O)(C23SCCC(c4ccccc4)(S2)c2ccccc23)[C@H](OCCCC)[C@@H](OCCCC)[C@@H]1OCCCC. The molecule has 2 saturated heterocycles. The molecule has 1 N–H and O–H groups in total. The molecule has 2 aromatic carbocycles. The molecule has 3 heterocycles. The Morgan fingerprint density at radius 1 is 0.739 bits per heavy atom. The second kappa shape index (κ2) is 17.0. The van der Waals surface area contributed by atoms with E-state index in [2.05, 4.69) is 82.3 Å². The topological polar surface area (TPSA) is 66.4 Å². The number of aliphatic hydroxyl groups is 1. The minimum absolute atomic E-state index is 0.309. The number of hydrogen-bond acceptors (Lipinski definition) is 8. The van der Waals surface area contributed by atoms with Crippen LogP contribution in [0.3, 0.4) is 0 Å². The average molecular weight is 673 g/mol. The summed E-state index contributed by atoms with van der Waals surface area (Å²) in [4.78, 5) is 0. The summed E-state index contributed by atoms with van der Waals surface area (Å²) in [5, 5.41) is 13.5. The first-order valence-electron chi connectivity index (χ1n) is 17.8. The van der Waals surface area contributed by atoms with Crippen molar-refractivity contribution in [1.29, 1.82) is 0 Å². The van der Waals surface area contributed by atoms with Crippen LogP contribution in [-0.4, -0.2) is 74.1 Å². The predicted molar refractivity (Wildman–Crippen MR) is 190 cm³/mol. The summed E-state index contributed by atoms with van der Waals surface area (Å²) in [6.45, 7) is 11.3. The molecule has 3 aliphatic heterocycles. The normalized spacial score (nSPS) is 32.0. The largest absolute Gasteiger partial charge is 0.379 e. The highest BCUT2D eigenvalue weighted by atomic mass is 32.2. The van der Waals surface area contributed by atoms with Gasteiger partial charge in [0, 0.05) is 26.4 Å². The molecular weight excluding hydrogens is 617 g/mol. The number of hydrogen-bond donors (Lipinski definition) is 1. The summed E-state index contributed by atoms with van der Waals surface area (Å²) in [5.74, 6) is -0.844. The number of thioether (sulfide) groups is 2. The average Bonchev–Trinajstić information content (AvgIpc) is 3.30. The summed E-state index contributed by atoms with van der Waals surface area (Å²) in [6.07, 6.45) is 6.55. The molecule has 256 valence electrons. The lowest BCUT2D eigenvalue weighted by atomic mass is 9.82. The molecule has 0 radical (unpaired) electrons. The molecule has 5 rings (SSSR count). The van der Waals surface area contributed by atoms with E-state index in [1.807, 2.05) is 11.8 Å². The van der Waals surface area contributed by atoms with Crippen LogP contribution in [0.15, 0.2) is 54.6 Å². The fraction of sp³-hybridized carbons (Fsp3) is 0.684. The van der Waals surface area contributed by atoms with Gasteiger partial charge in [0.1, 0.15) is 28.5 Å². The van der Waals surface area contributed by atoms with Crippen LogP contribution in [-0.2, 0) is 32.5 Å². The van der Waals surface area contributed by atoms with Crippen molar-refractivity contribution in [3.05, 3.63) is 71.3 Å². The molecule has 2 aromatic rings. The molecule has 2 unspecified atom stereocenters. The number of fused-ring (bicyclic) bond motifs is 5. The van der Waals surface area contributed by atoms with Gasteiger partial charge in [0.2, 0.25) is 5.79 Å². The Bertz CT molecular complexity index is 1200. The highest BCUT2D eigenvalue weighted by Crippen LogP contribution is 2.74. The summed E-state index contributed by atoms with van der Waals surface area (Å²) in [7, 11) is 0. The van der Waals surface area contributed by atoms with Gasteiger partial charge in [-0.15, -0.1) is 23.5 Å². The molecule has 8 heteroatoms. The highest BCUT2D eigenvalue weighted by molar-refractivity contribution is 8.19. The van der Waals surface area contributed by atoms with Gasteiger partial charge >= 0.3 is 0 Å². The van der Waals surface area contributed by atoms with E-state index < -0.39 is 34.3 Å². The van der Waals surface area contributed by atoms with Crippen molar-refractivity contribution in [2.24, 2.45) is 0 Å². The van der Waals surface area contributed by atoms with E-state index >= 15 is 0 Å². The van der Waals surface area contributed by atoms with Gasteiger partial charge in [-0.25, -0.2) is 0 Å². The van der Waals surface area contributed by atoms with Gasteiger partial charge in [-0.2, -0.15) is 0 Å². The summed E-state index contributed by atoms with van der Waals surface area (Å²) in [6, 6.07) is 19.4. The Morgan fingerprint density at radius 2 is 1.33 bits per heavy atom. The molecule has 2 bridgehead atoms. The van der Waals surface area contributed by atoms with Crippen molar-refractivity contribution in [2.75, 3.05) is 38.8 Å². The van der Waals surface area contributed by atoms with Crippen LogP contribution in [0.1, 0.15) is 102 Å². The van der Waals surface area contributed by atoms with Crippen LogP contribution in [0.4, 0.5) is 0 Å². The van der Waals surface area contributed by atoms with Crippen molar-refractivity contribution in [3.8, 4) is 0 Å². The number of benzene rings is 2. The Morgan fingerprint density at radius 3 is 2.00 bits per heavy atom. The first-order valence-corrected chi connectivity index (χ1v) is 19.6. The van der Waals surface area contributed by atoms with Crippen molar-refractivity contribution in [2.45, 2.75) is 125 Å². The standard InChI is InChI=1S/C38H56O6S2/c1-5-9-23-40-28-32-33(41-24-10-6-2)34(42-25-11-7-3)35(43-26-12-8-4)37(39,44-32)38-31-21-17-16-20-30(31)36(46-38,22-27-45-38)29-18-14-13-15-19-29/h13-21,32-35,39H,5-12,22-28H2,1-4H3/t32-,33-,34+,35-,36?,37-,38?/m1/s1. The van der Waals surface area contributed by atoms with Crippen LogP contribution >= 0.6 is 23.5 Å². The molecule has 0 aliphatic carbocycles. The third-order valence-electron chi connectivity index (χ3n) is 9.55. The predicted octanol–water partition coefficient (Wildman–Crippen LogP) is 8.43. The monoisotopic (exact) mass is 672 g/mol. The molecule has 3 aliphatic rings. The Labute approximate surface area is 286 Å². The third kappa shape index (κ3) is 7.11. The molecular formula is C38H56O6S2. The maximum atomic E-state index is 13.5. The van der Waals surface area contributed by atoms with E-state index in [0.29, 0.717) is 33.0 Å². The van der Waals surface area contributed by atoms with E-state index in [0.717, 1.165) is 69.1 Å².